The van der Waals surface area contributed by atoms with Crippen LogP contribution in [-0.2, 0) is 14.8 Å². The fourth-order valence-corrected chi connectivity index (χ4v) is 7.78. The van der Waals surface area contributed by atoms with E-state index >= 15 is 0 Å². The number of benzene rings is 4. The maximum Gasteiger partial charge on any atom is 0.252 e. The maximum absolute atomic E-state index is 14.0. The molecule has 2 amide bonds. The van der Waals surface area contributed by atoms with Crippen molar-refractivity contribution in [1.29, 1.82) is 0 Å². The predicted molar refractivity (Wildman–Crippen MR) is 198 cm³/mol. The van der Waals surface area contributed by atoms with Gasteiger partial charge in [-0.2, -0.15) is 4.31 Å². The van der Waals surface area contributed by atoms with E-state index < -0.39 is 39.8 Å². The molecule has 0 radical (unpaired) electrons. The molecule has 2 atom stereocenters. The number of nitrogens with one attached hydrogen (secondary N) is 2. The summed E-state index contributed by atoms with van der Waals surface area (Å²) in [5.41, 5.74) is 8.08. The van der Waals surface area contributed by atoms with Gasteiger partial charge in [0.25, 0.3) is 5.91 Å². The van der Waals surface area contributed by atoms with Gasteiger partial charge in [-0.25, -0.2) is 8.42 Å². The second-order valence-electron chi connectivity index (χ2n) is 12.8. The van der Waals surface area contributed by atoms with Crippen LogP contribution >= 0.6 is 0 Å². The Balaban J connectivity index is 1.51. The minimum absolute atomic E-state index is 0.0128. The number of aliphatic hydroxyl groups excluding tert-OH is 1. The van der Waals surface area contributed by atoms with Gasteiger partial charge in [0.15, 0.2) is 11.5 Å². The summed E-state index contributed by atoms with van der Waals surface area (Å²) in [4.78, 5) is 27.8. The lowest BCUT2D eigenvalue weighted by molar-refractivity contribution is -0.123. The number of hydrogen-bond donors (Lipinski definition) is 5. The second-order valence-corrected chi connectivity index (χ2v) is 14.7. The number of carbonyl (C=O) groups is 2. The van der Waals surface area contributed by atoms with Crippen LogP contribution in [0.25, 0.3) is 0 Å². The van der Waals surface area contributed by atoms with E-state index in [4.69, 9.17) is 10.5 Å². The number of unbranched alkanes of at least 4 members (excludes halogenated alkanes) is 1. The summed E-state index contributed by atoms with van der Waals surface area (Å²) in [6, 6.07) is 27.4. The monoisotopic (exact) mass is 716 g/mol. The molecule has 0 bridgehead atoms. The van der Waals surface area contributed by atoms with Crippen LogP contribution in [0, 0.1) is 5.92 Å². The van der Waals surface area contributed by atoms with E-state index in [0.717, 1.165) is 11.1 Å². The van der Waals surface area contributed by atoms with Gasteiger partial charge < -0.3 is 31.3 Å². The number of ether oxygens (including phenoxy) is 1. The number of nitrogens with zero attached hydrogens (tertiary/aromatic N) is 1. The first-order valence-corrected chi connectivity index (χ1v) is 18.4. The predicted octanol–water partition coefficient (Wildman–Crippen LogP) is 4.91. The zero-order valence-electron chi connectivity index (χ0n) is 29.2. The van der Waals surface area contributed by atoms with Gasteiger partial charge in [0.1, 0.15) is 6.04 Å². The summed E-state index contributed by atoms with van der Waals surface area (Å²) in [5, 5.41) is 26.3. The molecule has 0 aromatic heterocycles. The lowest BCUT2D eigenvalue weighted by Crippen LogP contribution is -2.50. The molecule has 4 aromatic carbocycles. The van der Waals surface area contributed by atoms with Crippen molar-refractivity contribution in [2.24, 2.45) is 5.92 Å². The first-order valence-electron chi connectivity index (χ1n) is 17.0. The van der Waals surface area contributed by atoms with Gasteiger partial charge in [-0.05, 0) is 72.4 Å². The average molecular weight is 717 g/mol. The number of anilines is 1. The Morgan fingerprint density at radius 1 is 0.882 bits per heavy atom. The molecule has 51 heavy (non-hydrogen) atoms. The van der Waals surface area contributed by atoms with Crippen LogP contribution in [-0.4, -0.2) is 73.6 Å². The van der Waals surface area contributed by atoms with Crippen LogP contribution in [0.15, 0.2) is 108 Å². The van der Waals surface area contributed by atoms with Crippen LogP contribution < -0.4 is 21.1 Å². The minimum Gasteiger partial charge on any atom is -0.504 e. The molecule has 4 aromatic rings. The highest BCUT2D eigenvalue weighted by atomic mass is 32.2. The number of hydrogen-bond acceptors (Lipinski definition) is 8. The number of aliphatic hydroxyl groups is 1. The summed E-state index contributed by atoms with van der Waals surface area (Å²) in [6.07, 6.45) is 1.38. The number of phenolic OH excluding ortho intramolecular Hbond substituents is 1. The van der Waals surface area contributed by atoms with Crippen molar-refractivity contribution >= 4 is 27.5 Å². The largest absolute Gasteiger partial charge is 0.504 e. The average Bonchev–Trinajstić information content (AvgIpc) is 3.13. The van der Waals surface area contributed by atoms with Gasteiger partial charge in [0, 0.05) is 36.3 Å². The summed E-state index contributed by atoms with van der Waals surface area (Å²) < 4.78 is 33.8. The van der Waals surface area contributed by atoms with Crippen molar-refractivity contribution in [2.45, 2.75) is 56.0 Å². The van der Waals surface area contributed by atoms with E-state index in [0.29, 0.717) is 24.9 Å². The van der Waals surface area contributed by atoms with Crippen LogP contribution in [0.5, 0.6) is 11.5 Å². The van der Waals surface area contributed by atoms with E-state index in [1.54, 1.807) is 0 Å². The topological polar surface area (TPSA) is 171 Å². The molecular weight excluding hydrogens is 669 g/mol. The molecule has 11 nitrogen and oxygen atoms in total. The number of amides is 2. The first kappa shape index (κ1) is 38.9. The number of nitrogen functional groups attached to an aromatic ring is 1. The molecule has 0 saturated carbocycles. The number of nitrogens with two attached hydrogens (primary N) is 1. The number of sulfonamides is 1. The van der Waals surface area contributed by atoms with Gasteiger partial charge in [0.05, 0.1) is 18.6 Å². The standard InChI is InChI=1S/C39H48N4O7S/c1-27(2)25-43(51(48,49)33-20-18-31(40)19-21-33)32(26-44)16-10-11-23-41-39(47)37(42-38(46)30-17-22-34(45)35(24-30)50-3)36(28-12-6-4-7-13-28)29-14-8-5-9-15-29/h4-9,12-15,17-22,24,27,32,36-37,44-45H,10-11,16,23,25-26,40H2,1-3H3,(H,41,47)(H,42,46). The fourth-order valence-electron chi connectivity index (χ4n) is 5.97. The number of aromatic hydroxyl groups is 1. The molecule has 6 N–H and O–H groups in total. The molecule has 0 spiro atoms. The Morgan fingerprint density at radius 3 is 2.04 bits per heavy atom. The zero-order chi connectivity index (χ0) is 37.0. The van der Waals surface area contributed by atoms with Crippen molar-refractivity contribution in [1.82, 2.24) is 14.9 Å². The van der Waals surface area contributed by atoms with Crippen molar-refractivity contribution in [3.63, 3.8) is 0 Å². The SMILES string of the molecule is COc1cc(C(=O)NC(C(=O)NCCCCC(CO)N(CC(C)C)S(=O)(=O)c2ccc(N)cc2)C(c2ccccc2)c2ccccc2)ccc1O. The Kier molecular flexibility index (Phi) is 14.0. The maximum atomic E-state index is 14.0. The highest BCUT2D eigenvalue weighted by Crippen LogP contribution is 2.30. The van der Waals surface area contributed by atoms with E-state index in [1.807, 2.05) is 74.5 Å². The highest BCUT2D eigenvalue weighted by molar-refractivity contribution is 7.89. The molecule has 0 heterocycles. The van der Waals surface area contributed by atoms with Gasteiger partial charge >= 0.3 is 0 Å². The molecule has 0 aliphatic carbocycles. The van der Waals surface area contributed by atoms with Crippen molar-refractivity contribution in [2.75, 3.05) is 32.5 Å². The molecular formula is C39H48N4O7S. The van der Waals surface area contributed by atoms with E-state index in [2.05, 4.69) is 10.6 Å². The molecule has 4 rings (SSSR count). The lowest BCUT2D eigenvalue weighted by Gasteiger charge is -2.31. The zero-order valence-corrected chi connectivity index (χ0v) is 30.1. The Hall–Kier alpha value is -4.91. The van der Waals surface area contributed by atoms with Crippen LogP contribution in [0.4, 0.5) is 5.69 Å². The third-order valence-corrected chi connectivity index (χ3v) is 10.5. The van der Waals surface area contributed by atoms with Crippen molar-refractivity contribution < 1.29 is 33.0 Å². The molecule has 272 valence electrons. The van der Waals surface area contributed by atoms with Gasteiger partial charge in [-0.1, -0.05) is 80.9 Å². The van der Waals surface area contributed by atoms with Gasteiger partial charge in [0.2, 0.25) is 15.9 Å². The molecule has 0 saturated heterocycles. The third-order valence-electron chi connectivity index (χ3n) is 8.57. The van der Waals surface area contributed by atoms with Gasteiger partial charge in [-0.3, -0.25) is 9.59 Å². The van der Waals surface area contributed by atoms with Crippen LogP contribution in [0.3, 0.4) is 0 Å². The summed E-state index contributed by atoms with van der Waals surface area (Å²) >= 11 is 0. The van der Waals surface area contributed by atoms with Gasteiger partial charge in [-0.15, -0.1) is 0 Å². The molecule has 12 heteroatoms. The van der Waals surface area contributed by atoms with E-state index in [-0.39, 0.29) is 47.6 Å². The normalized spacial score (nSPS) is 12.8. The molecule has 0 aliphatic heterocycles. The summed E-state index contributed by atoms with van der Waals surface area (Å²) in [6.45, 7) is 3.95. The first-order chi connectivity index (χ1) is 24.5. The summed E-state index contributed by atoms with van der Waals surface area (Å²) in [5.74, 6) is -1.45. The van der Waals surface area contributed by atoms with E-state index in [9.17, 15) is 28.2 Å². The van der Waals surface area contributed by atoms with Crippen molar-refractivity contribution in [3.8, 4) is 11.5 Å². The quantitative estimate of drug-likeness (QED) is 0.0715. The molecule has 2 unspecified atom stereocenters. The van der Waals surface area contributed by atoms with E-state index in [1.165, 1.54) is 53.9 Å². The second kappa shape index (κ2) is 18.4. The smallest absolute Gasteiger partial charge is 0.252 e. The lowest BCUT2D eigenvalue weighted by atomic mass is 9.84. The minimum atomic E-state index is -3.91. The number of phenols is 1. The van der Waals surface area contributed by atoms with Crippen LogP contribution in [0.2, 0.25) is 0 Å². The Labute approximate surface area is 300 Å². The van der Waals surface area contributed by atoms with Crippen LogP contribution in [0.1, 0.15) is 60.5 Å². The fraction of sp³-hybridized carbons (Fsp3) is 0.333. The number of methoxy groups -OCH3 is 1. The number of rotatable bonds is 18. The third kappa shape index (κ3) is 10.3. The number of carbonyl (C=O) groups excluding carboxylic acids is 2. The highest BCUT2D eigenvalue weighted by Gasteiger charge is 2.34. The Morgan fingerprint density at radius 2 is 1.49 bits per heavy atom. The molecule has 0 aliphatic rings. The Bertz CT molecular complexity index is 1780. The van der Waals surface area contributed by atoms with Crippen molar-refractivity contribution in [3.05, 3.63) is 120 Å². The molecule has 0 fully saturated rings. The summed E-state index contributed by atoms with van der Waals surface area (Å²) in [7, 11) is -2.52.